The van der Waals surface area contributed by atoms with Crippen LogP contribution in [0, 0.1) is 18.3 Å². The summed E-state index contributed by atoms with van der Waals surface area (Å²) in [5.41, 5.74) is 1.04. The van der Waals surface area contributed by atoms with Crippen molar-refractivity contribution in [3.05, 3.63) is 35.4 Å². The first kappa shape index (κ1) is 24.6. The van der Waals surface area contributed by atoms with Crippen LogP contribution in [0.5, 0.6) is 0 Å². The van der Waals surface area contributed by atoms with Crippen molar-refractivity contribution in [2.24, 2.45) is 11.3 Å². The summed E-state index contributed by atoms with van der Waals surface area (Å²) in [6, 6.07) is 7.44. The van der Waals surface area contributed by atoms with Gasteiger partial charge < -0.3 is 15.5 Å². The van der Waals surface area contributed by atoms with Gasteiger partial charge in [-0.25, -0.2) is 0 Å². The SMILES string of the molecule is Cc1ccccc1C(=O)N[C@@H]1CCCCC1NC(=O)C1CCN(C(=O)C(C)(C)CCl)CC1. The van der Waals surface area contributed by atoms with Crippen molar-refractivity contribution in [1.29, 1.82) is 0 Å². The lowest BCUT2D eigenvalue weighted by molar-refractivity contribution is -0.142. The third kappa shape index (κ3) is 5.83. The van der Waals surface area contributed by atoms with Crippen molar-refractivity contribution in [1.82, 2.24) is 15.5 Å². The monoisotopic (exact) mass is 461 g/mol. The number of benzene rings is 1. The van der Waals surface area contributed by atoms with Crippen molar-refractivity contribution in [2.45, 2.75) is 71.4 Å². The van der Waals surface area contributed by atoms with Gasteiger partial charge in [0, 0.05) is 42.5 Å². The summed E-state index contributed by atoms with van der Waals surface area (Å²) in [7, 11) is 0. The van der Waals surface area contributed by atoms with Crippen LogP contribution in [0.2, 0.25) is 0 Å². The minimum Gasteiger partial charge on any atom is -0.351 e. The summed E-state index contributed by atoms with van der Waals surface area (Å²) >= 11 is 5.95. The molecule has 1 saturated carbocycles. The normalized spacial score (nSPS) is 22.3. The molecule has 176 valence electrons. The van der Waals surface area contributed by atoms with Gasteiger partial charge in [0.1, 0.15) is 0 Å². The molecule has 6 nitrogen and oxygen atoms in total. The number of hydrogen-bond donors (Lipinski definition) is 2. The van der Waals surface area contributed by atoms with Crippen LogP contribution in [0.1, 0.15) is 68.3 Å². The van der Waals surface area contributed by atoms with Crippen molar-refractivity contribution >= 4 is 29.3 Å². The molecule has 1 heterocycles. The van der Waals surface area contributed by atoms with E-state index < -0.39 is 5.41 Å². The third-order valence-corrected chi connectivity index (χ3v) is 7.53. The first-order chi connectivity index (χ1) is 15.2. The van der Waals surface area contributed by atoms with E-state index in [4.69, 9.17) is 11.6 Å². The summed E-state index contributed by atoms with van der Waals surface area (Å²) in [6.45, 7) is 6.80. The Morgan fingerprint density at radius 2 is 1.59 bits per heavy atom. The Labute approximate surface area is 196 Å². The van der Waals surface area contributed by atoms with Gasteiger partial charge in [-0.1, -0.05) is 31.0 Å². The van der Waals surface area contributed by atoms with Crippen molar-refractivity contribution < 1.29 is 14.4 Å². The smallest absolute Gasteiger partial charge is 0.251 e. The maximum Gasteiger partial charge on any atom is 0.251 e. The summed E-state index contributed by atoms with van der Waals surface area (Å²) in [5, 5.41) is 6.38. The number of alkyl halides is 1. The predicted octanol–water partition coefficient (Wildman–Crippen LogP) is 3.66. The number of carbonyl (C=O) groups is 3. The molecule has 3 amide bonds. The molecule has 0 aromatic heterocycles. The van der Waals surface area contributed by atoms with E-state index in [0.29, 0.717) is 31.5 Å². The molecule has 3 rings (SSSR count). The number of amides is 3. The Kier molecular flexibility index (Phi) is 8.21. The molecule has 1 aromatic rings. The maximum atomic E-state index is 13.0. The molecule has 1 aliphatic heterocycles. The summed E-state index contributed by atoms with van der Waals surface area (Å²) in [4.78, 5) is 40.3. The molecule has 2 aliphatic rings. The Bertz CT molecular complexity index is 833. The van der Waals surface area contributed by atoms with Crippen molar-refractivity contribution in [3.63, 3.8) is 0 Å². The minimum atomic E-state index is -0.582. The van der Waals surface area contributed by atoms with Gasteiger partial charge in [0.15, 0.2) is 0 Å². The minimum absolute atomic E-state index is 0.0377. The van der Waals surface area contributed by atoms with Crippen molar-refractivity contribution in [2.75, 3.05) is 19.0 Å². The number of hydrogen-bond acceptors (Lipinski definition) is 3. The van der Waals surface area contributed by atoms with Gasteiger partial charge in [0.05, 0.1) is 5.41 Å². The van der Waals surface area contributed by atoms with E-state index in [0.717, 1.165) is 31.2 Å². The van der Waals surface area contributed by atoms with Crippen LogP contribution in [0.15, 0.2) is 24.3 Å². The van der Waals surface area contributed by atoms with Crippen LogP contribution in [-0.2, 0) is 9.59 Å². The zero-order chi connectivity index (χ0) is 23.3. The largest absolute Gasteiger partial charge is 0.351 e. The van der Waals surface area contributed by atoms with Crippen LogP contribution in [0.25, 0.3) is 0 Å². The number of piperidine rings is 1. The van der Waals surface area contributed by atoms with Gasteiger partial charge >= 0.3 is 0 Å². The number of nitrogens with zero attached hydrogens (tertiary/aromatic N) is 1. The Morgan fingerprint density at radius 3 is 2.19 bits per heavy atom. The Hall–Kier alpha value is -2.08. The van der Waals surface area contributed by atoms with Crippen LogP contribution < -0.4 is 10.6 Å². The second-order valence-corrected chi connectivity index (χ2v) is 10.1. The molecule has 1 aliphatic carbocycles. The highest BCUT2D eigenvalue weighted by atomic mass is 35.5. The second kappa shape index (κ2) is 10.7. The topological polar surface area (TPSA) is 78.5 Å². The maximum absolute atomic E-state index is 13.0. The molecular weight excluding hydrogens is 426 g/mol. The number of halogens is 1. The number of carbonyl (C=O) groups excluding carboxylic acids is 3. The molecule has 0 spiro atoms. The first-order valence-corrected chi connectivity index (χ1v) is 12.3. The molecule has 32 heavy (non-hydrogen) atoms. The summed E-state index contributed by atoms with van der Waals surface area (Å²) < 4.78 is 0. The fourth-order valence-electron chi connectivity index (χ4n) is 4.68. The molecule has 0 bridgehead atoms. The van der Waals surface area contributed by atoms with Gasteiger partial charge in [0.25, 0.3) is 5.91 Å². The van der Waals surface area contributed by atoms with E-state index >= 15 is 0 Å². The zero-order valence-electron chi connectivity index (χ0n) is 19.5. The molecule has 2 N–H and O–H groups in total. The molecule has 1 saturated heterocycles. The summed E-state index contributed by atoms with van der Waals surface area (Å²) in [6.07, 6.45) is 5.13. The van der Waals surface area contributed by atoms with Crippen LogP contribution in [0.3, 0.4) is 0 Å². The highest BCUT2D eigenvalue weighted by molar-refractivity contribution is 6.19. The first-order valence-electron chi connectivity index (χ1n) is 11.7. The number of rotatable bonds is 6. The average molecular weight is 462 g/mol. The number of aryl methyl sites for hydroxylation is 1. The molecular formula is C25H36ClN3O3. The third-order valence-electron chi connectivity index (χ3n) is 6.87. The van der Waals surface area contributed by atoms with E-state index in [2.05, 4.69) is 10.6 Å². The van der Waals surface area contributed by atoms with Crippen LogP contribution in [0.4, 0.5) is 0 Å². The molecule has 7 heteroatoms. The molecule has 0 radical (unpaired) electrons. The standard InChI is InChI=1S/C25H36ClN3O3/c1-17-8-4-5-9-19(17)23(31)28-21-11-7-6-10-20(21)27-22(30)18-12-14-29(15-13-18)24(32)25(2,3)16-26/h4-5,8-9,18,20-21H,6-7,10-16H2,1-3H3,(H,27,30)(H,28,31)/t20?,21-/m1/s1. The predicted molar refractivity (Wildman–Crippen MR) is 127 cm³/mol. The molecule has 2 fully saturated rings. The molecule has 2 atom stereocenters. The molecule has 1 unspecified atom stereocenters. The fraction of sp³-hybridized carbons (Fsp3) is 0.640. The second-order valence-electron chi connectivity index (χ2n) is 9.88. The number of likely N-dealkylation sites (tertiary alicyclic amines) is 1. The van der Waals surface area contributed by atoms with E-state index in [1.165, 1.54) is 0 Å². The average Bonchev–Trinajstić information content (AvgIpc) is 2.80. The van der Waals surface area contributed by atoms with Crippen molar-refractivity contribution in [3.8, 4) is 0 Å². The zero-order valence-corrected chi connectivity index (χ0v) is 20.2. The summed E-state index contributed by atoms with van der Waals surface area (Å²) in [5.74, 6) is 0.188. The van der Waals surface area contributed by atoms with E-state index in [1.807, 2.05) is 49.9 Å². The van der Waals surface area contributed by atoms with Crippen LogP contribution in [-0.4, -0.2) is 53.7 Å². The number of nitrogens with one attached hydrogen (secondary N) is 2. The van der Waals surface area contributed by atoms with Gasteiger partial charge in [-0.15, -0.1) is 11.6 Å². The van der Waals surface area contributed by atoms with E-state index in [9.17, 15) is 14.4 Å². The lowest BCUT2D eigenvalue weighted by atomic mass is 9.88. The Morgan fingerprint density at radius 1 is 1.00 bits per heavy atom. The lowest BCUT2D eigenvalue weighted by Gasteiger charge is -2.37. The van der Waals surface area contributed by atoms with Gasteiger partial charge in [-0.3, -0.25) is 14.4 Å². The van der Waals surface area contributed by atoms with E-state index in [1.54, 1.807) is 0 Å². The molecule has 1 aromatic carbocycles. The Balaban J connectivity index is 1.55. The highest BCUT2D eigenvalue weighted by Gasteiger charge is 2.36. The fourth-order valence-corrected chi connectivity index (χ4v) is 4.80. The highest BCUT2D eigenvalue weighted by Crippen LogP contribution is 2.26. The van der Waals surface area contributed by atoms with Gasteiger partial charge in [-0.05, 0) is 58.1 Å². The quantitative estimate of drug-likeness (QED) is 0.634. The lowest BCUT2D eigenvalue weighted by Crippen LogP contribution is -2.55. The van der Waals surface area contributed by atoms with Gasteiger partial charge in [0.2, 0.25) is 11.8 Å². The van der Waals surface area contributed by atoms with Crippen LogP contribution >= 0.6 is 11.6 Å². The van der Waals surface area contributed by atoms with E-state index in [-0.39, 0.29) is 41.6 Å². The van der Waals surface area contributed by atoms with Gasteiger partial charge in [-0.2, -0.15) is 0 Å².